The number of imide groups is 1. The van der Waals surface area contributed by atoms with Gasteiger partial charge in [0.15, 0.2) is 0 Å². The van der Waals surface area contributed by atoms with E-state index in [1.807, 2.05) is 10.8 Å². The SMILES string of the molecule is CC1(N2Cc3cscc3C2=O)CCC(=O)NC1=O. The van der Waals surface area contributed by atoms with Gasteiger partial charge in [0.05, 0.1) is 5.56 Å². The number of rotatable bonds is 1. The summed E-state index contributed by atoms with van der Waals surface area (Å²) in [7, 11) is 0. The largest absolute Gasteiger partial charge is 0.320 e. The lowest BCUT2D eigenvalue weighted by Gasteiger charge is -2.39. The number of carbonyl (C=O) groups is 3. The molecule has 1 aromatic heterocycles. The minimum Gasteiger partial charge on any atom is -0.320 e. The predicted octanol–water partition coefficient (Wildman–Crippen LogP) is 0.899. The van der Waals surface area contributed by atoms with Crippen molar-refractivity contribution in [2.24, 2.45) is 0 Å². The Morgan fingerprint density at radius 1 is 1.33 bits per heavy atom. The highest BCUT2D eigenvalue weighted by molar-refractivity contribution is 7.08. The Bertz CT molecular complexity index is 565. The molecule has 0 aromatic carbocycles. The summed E-state index contributed by atoms with van der Waals surface area (Å²) in [6.45, 7) is 2.18. The normalized spacial score (nSPS) is 27.4. The first kappa shape index (κ1) is 11.4. The van der Waals surface area contributed by atoms with Crippen molar-refractivity contribution in [1.82, 2.24) is 10.2 Å². The number of carbonyl (C=O) groups excluding carboxylic acids is 3. The van der Waals surface area contributed by atoms with E-state index in [1.165, 1.54) is 11.3 Å². The van der Waals surface area contributed by atoms with Gasteiger partial charge in [-0.15, -0.1) is 0 Å². The Kier molecular flexibility index (Phi) is 2.31. The number of fused-ring (bicyclic) bond motifs is 1. The summed E-state index contributed by atoms with van der Waals surface area (Å²) in [4.78, 5) is 37.0. The molecule has 1 fully saturated rings. The molecule has 1 N–H and O–H groups in total. The minimum atomic E-state index is -0.915. The van der Waals surface area contributed by atoms with E-state index >= 15 is 0 Å². The van der Waals surface area contributed by atoms with E-state index in [9.17, 15) is 14.4 Å². The van der Waals surface area contributed by atoms with Crippen LogP contribution in [0.2, 0.25) is 0 Å². The van der Waals surface area contributed by atoms with Crippen molar-refractivity contribution in [2.75, 3.05) is 0 Å². The molecule has 2 aliphatic rings. The summed E-state index contributed by atoms with van der Waals surface area (Å²) in [5.74, 6) is -0.752. The second kappa shape index (κ2) is 3.65. The molecular formula is C12H12N2O3S. The van der Waals surface area contributed by atoms with Crippen molar-refractivity contribution in [2.45, 2.75) is 31.8 Å². The molecule has 3 rings (SSSR count). The summed E-state index contributed by atoms with van der Waals surface area (Å²) in [6.07, 6.45) is 0.663. The highest BCUT2D eigenvalue weighted by Gasteiger charge is 2.48. The van der Waals surface area contributed by atoms with E-state index in [1.54, 1.807) is 11.8 Å². The summed E-state index contributed by atoms with van der Waals surface area (Å²) in [6, 6.07) is 0. The van der Waals surface area contributed by atoms with Crippen molar-refractivity contribution >= 4 is 29.1 Å². The molecule has 0 radical (unpaired) electrons. The number of amides is 3. The number of piperidine rings is 1. The fourth-order valence-corrected chi connectivity index (χ4v) is 3.29. The first-order valence-corrected chi connectivity index (χ1v) is 6.68. The number of hydrogen-bond acceptors (Lipinski definition) is 4. The average molecular weight is 264 g/mol. The van der Waals surface area contributed by atoms with Gasteiger partial charge in [0, 0.05) is 18.3 Å². The first-order valence-electron chi connectivity index (χ1n) is 5.74. The highest BCUT2D eigenvalue weighted by atomic mass is 32.1. The Balaban J connectivity index is 1.92. The molecular weight excluding hydrogens is 252 g/mol. The van der Waals surface area contributed by atoms with Crippen LogP contribution in [0.15, 0.2) is 10.8 Å². The minimum absolute atomic E-state index is 0.113. The quantitative estimate of drug-likeness (QED) is 0.766. The second-order valence-corrected chi connectivity index (χ2v) is 5.60. The average Bonchev–Trinajstić information content (AvgIpc) is 2.88. The molecule has 1 aromatic rings. The fourth-order valence-electron chi connectivity index (χ4n) is 2.47. The van der Waals surface area contributed by atoms with Crippen LogP contribution < -0.4 is 5.32 Å². The van der Waals surface area contributed by atoms with Crippen LogP contribution in [0.3, 0.4) is 0 Å². The van der Waals surface area contributed by atoms with Crippen molar-refractivity contribution in [3.05, 3.63) is 21.9 Å². The van der Waals surface area contributed by atoms with E-state index in [0.29, 0.717) is 18.5 Å². The van der Waals surface area contributed by atoms with Crippen LogP contribution in [0, 0.1) is 0 Å². The van der Waals surface area contributed by atoms with Crippen LogP contribution in [0.4, 0.5) is 0 Å². The van der Waals surface area contributed by atoms with Crippen LogP contribution in [0.5, 0.6) is 0 Å². The third kappa shape index (κ3) is 1.42. The van der Waals surface area contributed by atoms with E-state index in [-0.39, 0.29) is 24.1 Å². The molecule has 0 spiro atoms. The monoisotopic (exact) mass is 264 g/mol. The Hall–Kier alpha value is -1.69. The van der Waals surface area contributed by atoms with Gasteiger partial charge in [-0.1, -0.05) is 0 Å². The summed E-state index contributed by atoms with van der Waals surface area (Å²) >= 11 is 1.49. The number of nitrogens with zero attached hydrogens (tertiary/aromatic N) is 1. The van der Waals surface area contributed by atoms with E-state index in [0.717, 1.165) is 5.56 Å². The third-order valence-corrected chi connectivity index (χ3v) is 4.52. The molecule has 1 atom stereocenters. The van der Waals surface area contributed by atoms with Gasteiger partial charge in [0.2, 0.25) is 5.91 Å². The zero-order valence-corrected chi connectivity index (χ0v) is 10.7. The van der Waals surface area contributed by atoms with Crippen LogP contribution in [-0.2, 0) is 16.1 Å². The molecule has 6 heteroatoms. The van der Waals surface area contributed by atoms with E-state index in [4.69, 9.17) is 0 Å². The van der Waals surface area contributed by atoms with Crippen molar-refractivity contribution in [3.8, 4) is 0 Å². The van der Waals surface area contributed by atoms with E-state index < -0.39 is 5.54 Å². The Morgan fingerprint density at radius 2 is 2.11 bits per heavy atom. The van der Waals surface area contributed by atoms with Gasteiger partial charge in [-0.3, -0.25) is 19.7 Å². The molecule has 0 aliphatic carbocycles. The van der Waals surface area contributed by atoms with Gasteiger partial charge < -0.3 is 4.90 Å². The highest BCUT2D eigenvalue weighted by Crippen LogP contribution is 2.35. The maximum Gasteiger partial charge on any atom is 0.256 e. The Morgan fingerprint density at radius 3 is 2.78 bits per heavy atom. The first-order chi connectivity index (χ1) is 8.52. The Labute approximate surface area is 108 Å². The molecule has 3 amide bonds. The van der Waals surface area contributed by atoms with Gasteiger partial charge in [-0.2, -0.15) is 11.3 Å². The zero-order valence-electron chi connectivity index (χ0n) is 9.86. The maximum absolute atomic E-state index is 12.3. The van der Waals surface area contributed by atoms with Gasteiger partial charge in [0.1, 0.15) is 5.54 Å². The molecule has 2 aliphatic heterocycles. The summed E-state index contributed by atoms with van der Waals surface area (Å²) in [5.41, 5.74) is 0.739. The lowest BCUT2D eigenvalue weighted by molar-refractivity contribution is -0.142. The van der Waals surface area contributed by atoms with Crippen molar-refractivity contribution in [1.29, 1.82) is 0 Å². The number of thiophene rings is 1. The zero-order chi connectivity index (χ0) is 12.9. The molecule has 0 bridgehead atoms. The topological polar surface area (TPSA) is 66.5 Å². The standard InChI is InChI=1S/C12H12N2O3S/c1-12(3-2-9(15)13-11(12)17)14-4-7-5-18-6-8(7)10(14)16/h5-6H,2-4H2,1H3,(H,13,15,17). The maximum atomic E-state index is 12.3. The summed E-state index contributed by atoms with van der Waals surface area (Å²) in [5, 5.41) is 6.06. The van der Waals surface area contributed by atoms with Crippen LogP contribution >= 0.6 is 11.3 Å². The van der Waals surface area contributed by atoms with E-state index in [2.05, 4.69) is 5.32 Å². The van der Waals surface area contributed by atoms with Crippen LogP contribution in [-0.4, -0.2) is 28.2 Å². The molecule has 0 saturated carbocycles. The number of nitrogens with one attached hydrogen (secondary N) is 1. The number of hydrogen-bond donors (Lipinski definition) is 1. The smallest absolute Gasteiger partial charge is 0.256 e. The lowest BCUT2D eigenvalue weighted by Crippen LogP contribution is -2.61. The molecule has 1 saturated heterocycles. The summed E-state index contributed by atoms with van der Waals surface area (Å²) < 4.78 is 0. The van der Waals surface area contributed by atoms with Crippen molar-refractivity contribution in [3.63, 3.8) is 0 Å². The van der Waals surface area contributed by atoms with Crippen LogP contribution in [0.1, 0.15) is 35.7 Å². The van der Waals surface area contributed by atoms with Gasteiger partial charge >= 0.3 is 0 Å². The van der Waals surface area contributed by atoms with Crippen molar-refractivity contribution < 1.29 is 14.4 Å². The van der Waals surface area contributed by atoms with Gasteiger partial charge in [0.25, 0.3) is 11.8 Å². The lowest BCUT2D eigenvalue weighted by atomic mass is 9.89. The third-order valence-electron chi connectivity index (χ3n) is 3.72. The van der Waals surface area contributed by atoms with Gasteiger partial charge in [-0.25, -0.2) is 0 Å². The molecule has 94 valence electrons. The van der Waals surface area contributed by atoms with Crippen LogP contribution in [0.25, 0.3) is 0 Å². The predicted molar refractivity (Wildman–Crippen MR) is 65.0 cm³/mol. The molecule has 3 heterocycles. The fraction of sp³-hybridized carbons (Fsp3) is 0.417. The molecule has 5 nitrogen and oxygen atoms in total. The second-order valence-electron chi connectivity index (χ2n) is 4.85. The molecule has 18 heavy (non-hydrogen) atoms. The van der Waals surface area contributed by atoms with Gasteiger partial charge in [-0.05, 0) is 24.3 Å². The molecule has 1 unspecified atom stereocenters.